The second-order valence-corrected chi connectivity index (χ2v) is 2.99. The molecule has 1 fully saturated rings. The summed E-state index contributed by atoms with van der Waals surface area (Å²) in [6.45, 7) is 1.25. The second-order valence-electron chi connectivity index (χ2n) is 1.68. The molecule has 0 aliphatic carbocycles. The van der Waals surface area contributed by atoms with Gasteiger partial charge in [-0.3, -0.25) is 4.79 Å². The van der Waals surface area contributed by atoms with E-state index in [-0.39, 0.29) is 5.25 Å². The van der Waals surface area contributed by atoms with Crippen molar-refractivity contribution < 1.29 is 9.63 Å². The first-order valence-electron chi connectivity index (χ1n) is 2.77. The van der Waals surface area contributed by atoms with E-state index in [1.165, 1.54) is 0 Å². The minimum atomic E-state index is -0.0972. The van der Waals surface area contributed by atoms with E-state index in [1.54, 1.807) is 11.8 Å². The predicted octanol–water partition coefficient (Wildman–Crippen LogP) is -0.267. The van der Waals surface area contributed by atoms with Gasteiger partial charge >= 0.3 is 0 Å². The largest absolute Gasteiger partial charge is 0.300 e. The van der Waals surface area contributed by atoms with E-state index in [0.717, 1.165) is 12.3 Å². The lowest BCUT2D eigenvalue weighted by Gasteiger charge is -2.00. The summed E-state index contributed by atoms with van der Waals surface area (Å²) in [4.78, 5) is 14.9. The third-order valence-corrected chi connectivity index (χ3v) is 2.07. The molecule has 3 nitrogen and oxygen atoms in total. The number of rotatable bonds is 1. The summed E-state index contributed by atoms with van der Waals surface area (Å²) in [7, 11) is 0. The van der Waals surface area contributed by atoms with Gasteiger partial charge in [0.2, 0.25) is 6.29 Å². The highest BCUT2D eigenvalue weighted by Gasteiger charge is 2.11. The molecule has 1 N–H and O–H groups in total. The molecule has 1 aliphatic heterocycles. The Balaban J connectivity index is 2.26. The molecule has 0 saturated carbocycles. The van der Waals surface area contributed by atoms with Gasteiger partial charge in [-0.15, -0.1) is 11.8 Å². The lowest BCUT2D eigenvalue weighted by atomic mass is 10.5. The molecule has 9 heavy (non-hydrogen) atoms. The van der Waals surface area contributed by atoms with Crippen molar-refractivity contribution in [2.45, 2.75) is 5.25 Å². The van der Waals surface area contributed by atoms with Gasteiger partial charge in [-0.2, -0.15) is 0 Å². The fourth-order valence-electron chi connectivity index (χ4n) is 0.566. The minimum absolute atomic E-state index is 0.0972. The summed E-state index contributed by atoms with van der Waals surface area (Å²) in [6, 6.07) is 0. The normalized spacial score (nSPS) is 29.1. The van der Waals surface area contributed by atoms with Crippen LogP contribution >= 0.6 is 11.8 Å². The first-order chi connectivity index (χ1) is 4.43. The summed E-state index contributed by atoms with van der Waals surface area (Å²) in [5.74, 6) is 0.917. The molecule has 0 aromatic heterocycles. The quantitative estimate of drug-likeness (QED) is 0.553. The maximum absolute atomic E-state index is 10.1. The smallest absolute Gasteiger partial charge is 0.214 e. The Morgan fingerprint density at radius 3 is 3.44 bits per heavy atom. The number of hydroxylamine groups is 1. The van der Waals surface area contributed by atoms with Crippen LogP contribution in [0.1, 0.15) is 0 Å². The molecule has 1 atom stereocenters. The van der Waals surface area contributed by atoms with Gasteiger partial charge in [-0.25, -0.2) is 5.48 Å². The van der Waals surface area contributed by atoms with E-state index in [0.29, 0.717) is 6.61 Å². The highest BCUT2D eigenvalue weighted by molar-refractivity contribution is 8.00. The van der Waals surface area contributed by atoms with Crippen molar-refractivity contribution >= 4 is 18.0 Å². The molecular weight excluding hydrogens is 138 g/mol. The van der Waals surface area contributed by atoms with Crippen molar-refractivity contribution in [3.05, 3.63) is 0 Å². The maximum atomic E-state index is 10.1. The molecule has 0 spiro atoms. The van der Waals surface area contributed by atoms with Crippen molar-refractivity contribution in [3.63, 3.8) is 0 Å². The number of hydrogen-bond acceptors (Lipinski definition) is 4. The number of hydrogen-bond donors (Lipinski definition) is 1. The number of carbonyl (C=O) groups excluding carboxylic acids is 1. The molecule has 0 aromatic rings. The zero-order chi connectivity index (χ0) is 6.53. The summed E-state index contributed by atoms with van der Waals surface area (Å²) >= 11 is 1.57. The molecule has 4 heteroatoms. The summed E-state index contributed by atoms with van der Waals surface area (Å²) in [5.41, 5.74) is 2.71. The fraction of sp³-hybridized carbons (Fsp3) is 0.800. The number of nitrogens with one attached hydrogen (secondary N) is 1. The molecule has 1 heterocycles. The van der Waals surface area contributed by atoms with Gasteiger partial charge in [-0.1, -0.05) is 0 Å². The van der Waals surface area contributed by atoms with Crippen LogP contribution in [0.25, 0.3) is 0 Å². The second kappa shape index (κ2) is 3.87. The van der Waals surface area contributed by atoms with E-state index in [2.05, 4.69) is 5.48 Å². The highest BCUT2D eigenvalue weighted by Crippen LogP contribution is 2.09. The van der Waals surface area contributed by atoms with Crippen LogP contribution in [0.3, 0.4) is 0 Å². The van der Waals surface area contributed by atoms with Gasteiger partial charge in [0, 0.05) is 12.3 Å². The Morgan fingerprint density at radius 2 is 2.67 bits per heavy atom. The first kappa shape index (κ1) is 7.05. The van der Waals surface area contributed by atoms with Gasteiger partial charge < -0.3 is 4.84 Å². The molecule has 1 unspecified atom stereocenters. The van der Waals surface area contributed by atoms with Crippen molar-refractivity contribution in [2.24, 2.45) is 0 Å². The number of thioether (sulfide) groups is 1. The third-order valence-electron chi connectivity index (χ3n) is 0.991. The lowest BCUT2D eigenvalue weighted by Crippen LogP contribution is -2.18. The molecule has 1 saturated heterocycles. The van der Waals surface area contributed by atoms with E-state index in [1.807, 2.05) is 6.29 Å². The molecule has 0 amide bonds. The minimum Gasteiger partial charge on any atom is -0.300 e. The van der Waals surface area contributed by atoms with Crippen LogP contribution in [0, 0.1) is 0 Å². The molecule has 1 rings (SSSR count). The van der Waals surface area contributed by atoms with Crippen molar-refractivity contribution in [1.82, 2.24) is 5.48 Å². The first-order valence-corrected chi connectivity index (χ1v) is 3.82. The Hall–Kier alpha value is -0.0600. The van der Waals surface area contributed by atoms with Crippen molar-refractivity contribution in [3.8, 4) is 0 Å². The van der Waals surface area contributed by atoms with E-state index in [9.17, 15) is 4.79 Å². The zero-order valence-electron chi connectivity index (χ0n) is 4.92. The molecular formula is C5H8NO2S. The summed E-state index contributed by atoms with van der Waals surface area (Å²) in [6.07, 6.45) is 1.89. The van der Waals surface area contributed by atoms with Crippen LogP contribution in [0.5, 0.6) is 0 Å². The predicted molar refractivity (Wildman–Crippen MR) is 35.9 cm³/mol. The summed E-state index contributed by atoms with van der Waals surface area (Å²) < 4.78 is 0. The van der Waals surface area contributed by atoms with Crippen LogP contribution in [-0.4, -0.2) is 30.4 Å². The van der Waals surface area contributed by atoms with Gasteiger partial charge in [0.1, 0.15) is 0 Å². The van der Waals surface area contributed by atoms with Crippen LogP contribution in [0.15, 0.2) is 0 Å². The van der Waals surface area contributed by atoms with Crippen LogP contribution in [0.4, 0.5) is 0 Å². The van der Waals surface area contributed by atoms with Gasteiger partial charge in [0.25, 0.3) is 0 Å². The van der Waals surface area contributed by atoms with E-state index in [4.69, 9.17) is 4.84 Å². The molecule has 1 radical (unpaired) electrons. The highest BCUT2D eigenvalue weighted by atomic mass is 32.2. The Labute approximate surface area is 58.1 Å². The van der Waals surface area contributed by atoms with Gasteiger partial charge in [0.15, 0.2) is 0 Å². The van der Waals surface area contributed by atoms with E-state index >= 15 is 0 Å². The fourth-order valence-corrected chi connectivity index (χ4v) is 1.28. The SMILES string of the molecule is O=[C]C1CONCCS1. The molecule has 0 aromatic carbocycles. The maximum Gasteiger partial charge on any atom is 0.214 e. The van der Waals surface area contributed by atoms with Crippen LogP contribution in [-0.2, 0) is 9.63 Å². The van der Waals surface area contributed by atoms with Gasteiger partial charge in [-0.05, 0) is 0 Å². The van der Waals surface area contributed by atoms with Crippen LogP contribution < -0.4 is 5.48 Å². The Morgan fingerprint density at radius 1 is 1.78 bits per heavy atom. The van der Waals surface area contributed by atoms with Crippen molar-refractivity contribution in [1.29, 1.82) is 0 Å². The summed E-state index contributed by atoms with van der Waals surface area (Å²) in [5, 5.41) is -0.0972. The lowest BCUT2D eigenvalue weighted by molar-refractivity contribution is 0.0553. The molecule has 1 aliphatic rings. The Bertz CT molecular complexity index is 91.0. The average Bonchev–Trinajstić information content (AvgIpc) is 2.13. The van der Waals surface area contributed by atoms with Crippen molar-refractivity contribution in [2.75, 3.05) is 18.9 Å². The zero-order valence-corrected chi connectivity index (χ0v) is 5.74. The molecule has 0 bridgehead atoms. The standard InChI is InChI=1S/C5H8NO2S/c7-3-5-4-8-6-1-2-9-5/h5-6H,1-2,4H2. The third kappa shape index (κ3) is 2.34. The monoisotopic (exact) mass is 146 g/mol. The van der Waals surface area contributed by atoms with Crippen LogP contribution in [0.2, 0.25) is 0 Å². The van der Waals surface area contributed by atoms with Gasteiger partial charge in [0.05, 0.1) is 11.9 Å². The Kier molecular flexibility index (Phi) is 3.03. The average molecular weight is 146 g/mol. The van der Waals surface area contributed by atoms with E-state index < -0.39 is 0 Å². The molecule has 51 valence electrons. The topological polar surface area (TPSA) is 38.3 Å².